The fourth-order valence-corrected chi connectivity index (χ4v) is 5.81. The third-order valence-corrected chi connectivity index (χ3v) is 8.92. The largest absolute Gasteiger partial charge is 0.507 e. The van der Waals surface area contributed by atoms with Crippen LogP contribution in [0.4, 0.5) is 26.3 Å². The van der Waals surface area contributed by atoms with Crippen molar-refractivity contribution >= 4 is 106 Å². The van der Waals surface area contributed by atoms with Gasteiger partial charge in [0.1, 0.15) is 34.8 Å². The van der Waals surface area contributed by atoms with Crippen LogP contribution in [-0.2, 0) is 0 Å². The van der Waals surface area contributed by atoms with Crippen LogP contribution in [0.3, 0.4) is 0 Å². The van der Waals surface area contributed by atoms with E-state index in [0.717, 1.165) is 23.9 Å². The molecule has 4 nitrogen and oxygen atoms in total. The van der Waals surface area contributed by atoms with Crippen LogP contribution < -0.4 is 14.2 Å². The van der Waals surface area contributed by atoms with E-state index in [0.29, 0.717) is 39.7 Å². The molecule has 0 fully saturated rings. The van der Waals surface area contributed by atoms with E-state index in [4.69, 9.17) is 19.3 Å². The number of benzene rings is 4. The molecule has 0 bridgehead atoms. The summed E-state index contributed by atoms with van der Waals surface area (Å²) in [6, 6.07) is 12.1. The summed E-state index contributed by atoms with van der Waals surface area (Å²) < 4.78 is 95.6. The maximum atomic E-state index is 13.5. The smallest absolute Gasteiger partial charge is 0.169 e. The summed E-state index contributed by atoms with van der Waals surface area (Å²) in [7, 11) is 0. The minimum absolute atomic E-state index is 0. The summed E-state index contributed by atoms with van der Waals surface area (Å²) in [6.07, 6.45) is 1.30. The molecule has 0 saturated heterocycles. The van der Waals surface area contributed by atoms with Crippen molar-refractivity contribution in [3.05, 3.63) is 110 Å². The van der Waals surface area contributed by atoms with Crippen molar-refractivity contribution in [2.45, 2.75) is 20.3 Å². The van der Waals surface area contributed by atoms with Crippen LogP contribution in [0.1, 0.15) is 20.3 Å². The van der Waals surface area contributed by atoms with Crippen molar-refractivity contribution in [2.75, 3.05) is 25.2 Å². The Balaban J connectivity index is 0.000000377. The Morgan fingerprint density at radius 3 is 1.41 bits per heavy atom. The highest BCUT2D eigenvalue weighted by molar-refractivity contribution is 14.1. The van der Waals surface area contributed by atoms with Crippen LogP contribution >= 0.6 is 106 Å². The van der Waals surface area contributed by atoms with Crippen molar-refractivity contribution < 1.29 is 45.7 Å². The van der Waals surface area contributed by atoms with E-state index < -0.39 is 23.3 Å². The number of hydrogen-bond donors (Lipinski definition) is 1. The van der Waals surface area contributed by atoms with Gasteiger partial charge in [0.15, 0.2) is 23.1 Å². The molecule has 4 aromatic rings. The van der Waals surface area contributed by atoms with Gasteiger partial charge in [-0.25, -0.2) is 26.3 Å². The summed E-state index contributed by atoms with van der Waals surface area (Å²) in [4.78, 5) is 0. The number of alkyl halides is 1. The van der Waals surface area contributed by atoms with Crippen molar-refractivity contribution in [3.8, 4) is 23.0 Å². The second-order valence-electron chi connectivity index (χ2n) is 8.51. The molecule has 0 heterocycles. The molecule has 252 valence electrons. The molecule has 0 aliphatic rings. The molecule has 0 unspecified atom stereocenters. The third kappa shape index (κ3) is 15.5. The molecule has 4 rings (SSSR count). The summed E-state index contributed by atoms with van der Waals surface area (Å²) in [5.41, 5.74) is 0. The topological polar surface area (TPSA) is 47.9 Å². The van der Waals surface area contributed by atoms with E-state index in [1.807, 2.05) is 90.4 Å². The zero-order valence-corrected chi connectivity index (χ0v) is 33.1. The second kappa shape index (κ2) is 22.6. The van der Waals surface area contributed by atoms with E-state index in [1.54, 1.807) is 6.07 Å². The number of aromatic hydroxyl groups is 1. The summed E-state index contributed by atoms with van der Waals surface area (Å²) in [5, 5.41) is 9.67. The van der Waals surface area contributed by atoms with Gasteiger partial charge in [0, 0.05) is 23.9 Å². The molecule has 46 heavy (non-hydrogen) atoms. The van der Waals surface area contributed by atoms with Crippen molar-refractivity contribution in [2.24, 2.45) is 0 Å². The van der Waals surface area contributed by atoms with E-state index in [-0.39, 0.29) is 42.9 Å². The van der Waals surface area contributed by atoms with Crippen molar-refractivity contribution in [1.29, 1.82) is 0 Å². The zero-order valence-electron chi connectivity index (χ0n) is 22.8. The van der Waals surface area contributed by atoms with Gasteiger partial charge in [-0.15, -0.1) is 0 Å². The van der Waals surface area contributed by atoms with Gasteiger partial charge in [-0.05, 0) is 145 Å². The van der Waals surface area contributed by atoms with Gasteiger partial charge in [0.05, 0.1) is 34.1 Å². The normalized spacial score (nSPS) is 10.1. The molecular weight excluding hydrogens is 1140 g/mol. The van der Waals surface area contributed by atoms with Gasteiger partial charge in [0.2, 0.25) is 0 Å². The molecule has 0 amide bonds. The first kappa shape index (κ1) is 43.1. The van der Waals surface area contributed by atoms with Gasteiger partial charge < -0.3 is 19.3 Å². The molecule has 1 N–H and O–H groups in total. The Bertz CT molecular complexity index is 1510. The monoisotopic (exact) mass is 1160 g/mol. The SMILES string of the molecule is C.Fc1cc(F)c(OCCCBr)c(I)c1.Fc1ccc(OCCCOc2c(F)cc(F)cc2I)c(I)c1.Oc1ccc(F)cc1I. The first-order valence-corrected chi connectivity index (χ1v) is 18.1. The zero-order chi connectivity index (χ0) is 33.5. The minimum Gasteiger partial charge on any atom is -0.507 e. The van der Waals surface area contributed by atoms with E-state index in [2.05, 4.69) is 15.9 Å². The standard InChI is InChI=1S/C15H11F3I2O2.C9H8BrF2IO.C6H4FIO.CH4/c16-9-2-3-14(12(19)7-9)21-4-1-5-22-15-11(18)6-10(17)8-13(15)20;10-2-1-3-14-9-7(12)4-6(11)5-8(9)13;7-4-1-2-6(9)5(8)3-4;/h2-3,6-8H,1,4-5H2;4-5H,1-3H2;1-3,9H;1H4. The van der Waals surface area contributed by atoms with Crippen LogP contribution in [-0.4, -0.2) is 30.3 Å². The lowest BCUT2D eigenvalue weighted by atomic mass is 10.3. The minimum atomic E-state index is -0.724. The molecule has 0 saturated carbocycles. The number of ether oxygens (including phenoxy) is 3. The number of rotatable bonds is 10. The molecule has 0 radical (unpaired) electrons. The molecule has 0 spiro atoms. The number of halogens is 11. The summed E-state index contributed by atoms with van der Waals surface area (Å²) in [5.74, 6) is -2.35. The van der Waals surface area contributed by atoms with Gasteiger partial charge >= 0.3 is 0 Å². The van der Waals surface area contributed by atoms with E-state index >= 15 is 0 Å². The Morgan fingerprint density at radius 2 is 0.978 bits per heavy atom. The van der Waals surface area contributed by atoms with Crippen LogP contribution in [0, 0.1) is 49.2 Å². The van der Waals surface area contributed by atoms with Crippen LogP contribution in [0.5, 0.6) is 23.0 Å². The average Bonchev–Trinajstić information content (AvgIpc) is 2.95. The fraction of sp³-hybridized carbons (Fsp3) is 0.226. The van der Waals surface area contributed by atoms with Gasteiger partial charge in [-0.3, -0.25) is 0 Å². The molecular formula is C31H27BrF6I4O4. The second-order valence-corrected chi connectivity index (χ2v) is 14.0. The Labute approximate surface area is 326 Å². The highest BCUT2D eigenvalue weighted by Gasteiger charge is 2.12. The lowest BCUT2D eigenvalue weighted by molar-refractivity contribution is 0.239. The maximum Gasteiger partial charge on any atom is 0.169 e. The first-order valence-electron chi connectivity index (χ1n) is 12.6. The lowest BCUT2D eigenvalue weighted by Gasteiger charge is -2.11. The fourth-order valence-electron chi connectivity index (χ4n) is 3.05. The van der Waals surface area contributed by atoms with Gasteiger partial charge in [-0.1, -0.05) is 23.4 Å². The highest BCUT2D eigenvalue weighted by atomic mass is 127. The van der Waals surface area contributed by atoms with E-state index in [1.165, 1.54) is 42.5 Å². The predicted octanol–water partition coefficient (Wildman–Crippen LogP) is 11.7. The number of hydrogen-bond acceptors (Lipinski definition) is 4. The molecule has 0 aliphatic carbocycles. The molecule has 0 aromatic heterocycles. The molecule has 15 heteroatoms. The first-order chi connectivity index (χ1) is 21.3. The van der Waals surface area contributed by atoms with Crippen molar-refractivity contribution in [1.82, 2.24) is 0 Å². The van der Waals surface area contributed by atoms with Gasteiger partial charge in [-0.2, -0.15) is 0 Å². The number of phenols is 1. The molecule has 0 atom stereocenters. The van der Waals surface area contributed by atoms with Crippen LogP contribution in [0.25, 0.3) is 0 Å². The Kier molecular flexibility index (Phi) is 21.2. The van der Waals surface area contributed by atoms with E-state index in [9.17, 15) is 26.3 Å². The Morgan fingerprint density at radius 1 is 0.543 bits per heavy atom. The summed E-state index contributed by atoms with van der Waals surface area (Å²) in [6.45, 7) is 1.00. The maximum absolute atomic E-state index is 13.5. The molecule has 4 aromatic carbocycles. The third-order valence-electron chi connectivity index (χ3n) is 5.05. The van der Waals surface area contributed by atoms with Crippen LogP contribution in [0.2, 0.25) is 0 Å². The Hall–Kier alpha value is -0.940. The van der Waals surface area contributed by atoms with Gasteiger partial charge in [0.25, 0.3) is 0 Å². The molecule has 0 aliphatic heterocycles. The highest BCUT2D eigenvalue weighted by Crippen LogP contribution is 2.27. The predicted molar refractivity (Wildman–Crippen MR) is 204 cm³/mol. The summed E-state index contributed by atoms with van der Waals surface area (Å²) >= 11 is 10.7. The average molecular weight is 1170 g/mol. The quantitative estimate of drug-likeness (QED) is 0.0744. The number of phenolic OH excluding ortho intramolecular Hbond substituents is 1. The lowest BCUT2D eigenvalue weighted by Crippen LogP contribution is -2.07. The van der Waals surface area contributed by atoms with Crippen molar-refractivity contribution in [3.63, 3.8) is 0 Å². The van der Waals surface area contributed by atoms with Crippen LogP contribution in [0.15, 0.2) is 60.7 Å².